The van der Waals surface area contributed by atoms with E-state index in [0.717, 1.165) is 12.2 Å². The molecule has 0 saturated carbocycles. The molecule has 0 unspecified atom stereocenters. The van der Waals surface area contributed by atoms with Crippen LogP contribution in [0.3, 0.4) is 0 Å². The SMILES string of the molecule is [B]c1cnc(CC)nc1. The fraction of sp³-hybridized carbons (Fsp3) is 0.333. The van der Waals surface area contributed by atoms with Gasteiger partial charge < -0.3 is 0 Å². The molecule has 0 amide bonds. The summed E-state index contributed by atoms with van der Waals surface area (Å²) < 4.78 is 0. The van der Waals surface area contributed by atoms with E-state index in [1.807, 2.05) is 6.92 Å². The Bertz CT molecular complexity index is 183. The third kappa shape index (κ3) is 1.52. The Morgan fingerprint density at radius 1 is 1.44 bits per heavy atom. The largest absolute Gasteiger partial charge is 0.242 e. The fourth-order valence-electron chi connectivity index (χ4n) is 0.547. The van der Waals surface area contributed by atoms with Gasteiger partial charge >= 0.3 is 0 Å². The molecule has 1 aromatic heterocycles. The van der Waals surface area contributed by atoms with Gasteiger partial charge in [0.2, 0.25) is 0 Å². The second-order valence-corrected chi connectivity index (χ2v) is 1.79. The van der Waals surface area contributed by atoms with E-state index in [1.54, 1.807) is 12.4 Å². The van der Waals surface area contributed by atoms with Crippen LogP contribution in [0.4, 0.5) is 0 Å². The van der Waals surface area contributed by atoms with Gasteiger partial charge in [-0.2, -0.15) is 0 Å². The van der Waals surface area contributed by atoms with Gasteiger partial charge in [-0.05, 0) is 0 Å². The first-order valence-electron chi connectivity index (χ1n) is 2.89. The molecule has 1 aromatic rings. The van der Waals surface area contributed by atoms with E-state index in [-0.39, 0.29) is 0 Å². The van der Waals surface area contributed by atoms with Crippen molar-refractivity contribution in [3.05, 3.63) is 18.2 Å². The van der Waals surface area contributed by atoms with E-state index in [1.165, 1.54) is 0 Å². The molecule has 3 heteroatoms. The molecule has 0 N–H and O–H groups in total. The van der Waals surface area contributed by atoms with Crippen molar-refractivity contribution >= 4 is 13.3 Å². The first kappa shape index (κ1) is 6.27. The normalized spacial score (nSPS) is 9.44. The van der Waals surface area contributed by atoms with E-state index in [4.69, 9.17) is 7.85 Å². The minimum Gasteiger partial charge on any atom is -0.242 e. The lowest BCUT2D eigenvalue weighted by Gasteiger charge is -1.92. The number of aromatic nitrogens is 2. The second-order valence-electron chi connectivity index (χ2n) is 1.79. The molecule has 44 valence electrons. The Morgan fingerprint density at radius 3 is 2.44 bits per heavy atom. The third-order valence-corrected chi connectivity index (χ3v) is 1.04. The average molecular weight is 118 g/mol. The van der Waals surface area contributed by atoms with Crippen molar-refractivity contribution < 1.29 is 0 Å². The molecule has 0 aromatic carbocycles. The topological polar surface area (TPSA) is 25.8 Å². The first-order valence-corrected chi connectivity index (χ1v) is 2.89. The van der Waals surface area contributed by atoms with Crippen molar-refractivity contribution in [1.82, 2.24) is 9.97 Å². The third-order valence-electron chi connectivity index (χ3n) is 1.04. The number of aryl methyl sites for hydroxylation is 1. The minimum atomic E-state index is 0.618. The van der Waals surface area contributed by atoms with Crippen molar-refractivity contribution in [2.75, 3.05) is 0 Å². The second kappa shape index (κ2) is 2.62. The molecule has 2 nitrogen and oxygen atoms in total. The molecule has 0 aliphatic carbocycles. The Morgan fingerprint density at radius 2 is 2.00 bits per heavy atom. The molecule has 1 heterocycles. The molecule has 0 bridgehead atoms. The van der Waals surface area contributed by atoms with Gasteiger partial charge in [0.25, 0.3) is 0 Å². The highest BCUT2D eigenvalue weighted by Crippen LogP contribution is 1.83. The van der Waals surface area contributed by atoms with Crippen molar-refractivity contribution in [2.45, 2.75) is 13.3 Å². The summed E-state index contributed by atoms with van der Waals surface area (Å²) in [5.74, 6) is 0.837. The molecular formula is C6H7BN2. The molecule has 0 atom stereocenters. The summed E-state index contributed by atoms with van der Waals surface area (Å²) in [6, 6.07) is 0. The predicted octanol–water partition coefficient (Wildman–Crippen LogP) is -0.167. The number of rotatable bonds is 1. The van der Waals surface area contributed by atoms with Gasteiger partial charge in [-0.3, -0.25) is 0 Å². The standard InChI is InChI=1S/C6H7BN2/c1-2-6-8-3-5(7)4-9-6/h3-4H,2H2,1H3. The van der Waals surface area contributed by atoms with E-state index in [2.05, 4.69) is 9.97 Å². The Kier molecular flexibility index (Phi) is 1.83. The molecule has 0 fully saturated rings. The first-order chi connectivity index (χ1) is 4.33. The van der Waals surface area contributed by atoms with Gasteiger partial charge in [-0.15, -0.1) is 0 Å². The van der Waals surface area contributed by atoms with E-state index in [0.29, 0.717) is 5.46 Å². The lowest BCUT2D eigenvalue weighted by molar-refractivity contribution is 0.945. The lowest BCUT2D eigenvalue weighted by Crippen LogP contribution is -2.06. The highest BCUT2D eigenvalue weighted by Gasteiger charge is 1.87. The van der Waals surface area contributed by atoms with Crippen LogP contribution in [-0.4, -0.2) is 17.8 Å². The summed E-state index contributed by atoms with van der Waals surface area (Å²) in [5, 5.41) is 0. The monoisotopic (exact) mass is 118 g/mol. The van der Waals surface area contributed by atoms with Crippen LogP contribution in [0.2, 0.25) is 0 Å². The van der Waals surface area contributed by atoms with Crippen molar-refractivity contribution in [3.63, 3.8) is 0 Å². The quantitative estimate of drug-likeness (QED) is 0.478. The van der Waals surface area contributed by atoms with Crippen LogP contribution in [0.15, 0.2) is 12.4 Å². The average Bonchev–Trinajstić information content (AvgIpc) is 1.90. The van der Waals surface area contributed by atoms with E-state index < -0.39 is 0 Å². The zero-order chi connectivity index (χ0) is 6.69. The number of hydrogen-bond donors (Lipinski definition) is 0. The van der Waals surface area contributed by atoms with Gasteiger partial charge in [0.15, 0.2) is 0 Å². The maximum Gasteiger partial charge on any atom is 0.127 e. The highest BCUT2D eigenvalue weighted by atomic mass is 14.8. The van der Waals surface area contributed by atoms with Gasteiger partial charge in [-0.25, -0.2) is 9.97 Å². The van der Waals surface area contributed by atoms with Gasteiger partial charge in [0.1, 0.15) is 13.7 Å². The van der Waals surface area contributed by atoms with Crippen LogP contribution >= 0.6 is 0 Å². The van der Waals surface area contributed by atoms with Crippen LogP contribution < -0.4 is 5.46 Å². The summed E-state index contributed by atoms with van der Waals surface area (Å²) in [6.07, 6.45) is 4.10. The molecule has 1 rings (SSSR count). The highest BCUT2D eigenvalue weighted by molar-refractivity contribution is 6.31. The Labute approximate surface area is 55.8 Å². The summed E-state index contributed by atoms with van der Waals surface area (Å²) in [5.41, 5.74) is 0.618. The fourth-order valence-corrected chi connectivity index (χ4v) is 0.547. The molecule has 0 aliphatic heterocycles. The maximum absolute atomic E-state index is 5.36. The van der Waals surface area contributed by atoms with Crippen LogP contribution in [-0.2, 0) is 6.42 Å². The zero-order valence-corrected chi connectivity index (χ0v) is 5.33. The summed E-state index contributed by atoms with van der Waals surface area (Å²) in [7, 11) is 5.36. The predicted molar refractivity (Wildman–Crippen MR) is 36.8 cm³/mol. The van der Waals surface area contributed by atoms with Crippen LogP contribution in [0.5, 0.6) is 0 Å². The Hall–Kier alpha value is -0.855. The smallest absolute Gasteiger partial charge is 0.127 e. The summed E-state index contributed by atoms with van der Waals surface area (Å²) in [6.45, 7) is 2.01. The van der Waals surface area contributed by atoms with Crippen LogP contribution in [0.25, 0.3) is 0 Å². The number of nitrogens with zero attached hydrogens (tertiary/aromatic N) is 2. The van der Waals surface area contributed by atoms with Crippen molar-refractivity contribution in [3.8, 4) is 0 Å². The van der Waals surface area contributed by atoms with Crippen molar-refractivity contribution in [2.24, 2.45) is 0 Å². The molecule has 0 spiro atoms. The van der Waals surface area contributed by atoms with Gasteiger partial charge in [0, 0.05) is 18.8 Å². The minimum absolute atomic E-state index is 0.618. The molecule has 9 heavy (non-hydrogen) atoms. The van der Waals surface area contributed by atoms with Crippen molar-refractivity contribution in [1.29, 1.82) is 0 Å². The zero-order valence-electron chi connectivity index (χ0n) is 5.33. The van der Waals surface area contributed by atoms with Gasteiger partial charge in [0.05, 0.1) is 0 Å². The lowest BCUT2D eigenvalue weighted by atomic mass is 10.0. The molecular weight excluding hydrogens is 111 g/mol. The van der Waals surface area contributed by atoms with Crippen LogP contribution in [0, 0.1) is 0 Å². The molecule has 0 aliphatic rings. The summed E-state index contributed by atoms with van der Waals surface area (Å²) in [4.78, 5) is 7.92. The number of hydrogen-bond acceptors (Lipinski definition) is 2. The van der Waals surface area contributed by atoms with E-state index >= 15 is 0 Å². The Balaban J connectivity index is 2.88. The maximum atomic E-state index is 5.36. The van der Waals surface area contributed by atoms with E-state index in [9.17, 15) is 0 Å². The summed E-state index contributed by atoms with van der Waals surface area (Å²) >= 11 is 0. The molecule has 0 saturated heterocycles. The van der Waals surface area contributed by atoms with Crippen LogP contribution in [0.1, 0.15) is 12.7 Å². The van der Waals surface area contributed by atoms with Gasteiger partial charge in [-0.1, -0.05) is 12.4 Å². The molecule has 2 radical (unpaired) electrons.